The van der Waals surface area contributed by atoms with Crippen LogP contribution in [0.5, 0.6) is 0 Å². The van der Waals surface area contributed by atoms with Crippen molar-refractivity contribution < 1.29 is 9.59 Å². The summed E-state index contributed by atoms with van der Waals surface area (Å²) in [4.78, 5) is 26.2. The molecule has 2 heteroatoms. The van der Waals surface area contributed by atoms with Crippen molar-refractivity contribution >= 4 is 11.6 Å². The SMILES string of the molecule is C=CC1=C(C(=O)c2ccccc2C(=O)CCCCCCCCCCCCCCCCC)CCCC1. The lowest BCUT2D eigenvalue weighted by Gasteiger charge is -2.18. The van der Waals surface area contributed by atoms with Gasteiger partial charge in [0.1, 0.15) is 0 Å². The van der Waals surface area contributed by atoms with Gasteiger partial charge in [-0.2, -0.15) is 0 Å². The van der Waals surface area contributed by atoms with Crippen LogP contribution in [0.25, 0.3) is 0 Å². The fourth-order valence-corrected chi connectivity index (χ4v) is 5.29. The molecule has 0 bridgehead atoms. The minimum absolute atomic E-state index is 0.0278. The number of carbonyl (C=O) groups excluding carboxylic acids is 2. The number of ketones is 2. The van der Waals surface area contributed by atoms with Gasteiger partial charge in [0, 0.05) is 23.1 Å². The van der Waals surface area contributed by atoms with Crippen molar-refractivity contribution in [1.29, 1.82) is 0 Å². The van der Waals surface area contributed by atoms with Crippen LogP contribution < -0.4 is 0 Å². The predicted molar refractivity (Wildman–Crippen MR) is 150 cm³/mol. The van der Waals surface area contributed by atoms with E-state index in [-0.39, 0.29) is 11.6 Å². The van der Waals surface area contributed by atoms with Crippen LogP contribution in [0.15, 0.2) is 48.1 Å². The first kappa shape index (κ1) is 29.3. The van der Waals surface area contributed by atoms with Crippen molar-refractivity contribution in [3.63, 3.8) is 0 Å². The lowest BCUT2D eigenvalue weighted by atomic mass is 9.85. The van der Waals surface area contributed by atoms with Gasteiger partial charge in [-0.3, -0.25) is 9.59 Å². The van der Waals surface area contributed by atoms with Crippen LogP contribution in [0.2, 0.25) is 0 Å². The number of hydrogen-bond donors (Lipinski definition) is 0. The van der Waals surface area contributed by atoms with Crippen molar-refractivity contribution in [3.8, 4) is 0 Å². The maximum absolute atomic E-state index is 13.2. The van der Waals surface area contributed by atoms with Gasteiger partial charge in [-0.05, 0) is 37.7 Å². The largest absolute Gasteiger partial charge is 0.294 e. The molecule has 194 valence electrons. The van der Waals surface area contributed by atoms with Crippen molar-refractivity contribution in [3.05, 3.63) is 59.2 Å². The van der Waals surface area contributed by atoms with E-state index in [1.54, 1.807) is 0 Å². The average molecular weight is 479 g/mol. The third kappa shape index (κ3) is 11.1. The first-order valence-electron chi connectivity index (χ1n) is 14.7. The Morgan fingerprint density at radius 3 is 1.74 bits per heavy atom. The minimum atomic E-state index is 0.0278. The average Bonchev–Trinajstić information content (AvgIpc) is 2.90. The van der Waals surface area contributed by atoms with Crippen molar-refractivity contribution in [2.45, 2.75) is 135 Å². The molecule has 0 spiro atoms. The zero-order chi connectivity index (χ0) is 25.1. The number of Topliss-reactive ketones (excluding diaryl/α,β-unsaturated/α-hetero) is 2. The summed E-state index contributed by atoms with van der Waals surface area (Å²) in [6, 6.07) is 7.40. The van der Waals surface area contributed by atoms with Crippen LogP contribution in [-0.2, 0) is 0 Å². The summed E-state index contributed by atoms with van der Waals surface area (Å²) in [7, 11) is 0. The molecule has 0 atom stereocenters. The molecule has 0 saturated heterocycles. The molecule has 0 saturated carbocycles. The number of allylic oxidation sites excluding steroid dienone is 3. The van der Waals surface area contributed by atoms with Crippen LogP contribution in [0.4, 0.5) is 0 Å². The van der Waals surface area contributed by atoms with Gasteiger partial charge >= 0.3 is 0 Å². The highest BCUT2D eigenvalue weighted by Gasteiger charge is 2.23. The fraction of sp³-hybridized carbons (Fsp3) is 0.636. The number of rotatable bonds is 20. The van der Waals surface area contributed by atoms with Gasteiger partial charge in [0.2, 0.25) is 0 Å². The molecule has 2 nitrogen and oxygen atoms in total. The Balaban J connectivity index is 1.61. The van der Waals surface area contributed by atoms with E-state index in [2.05, 4.69) is 13.5 Å². The summed E-state index contributed by atoms with van der Waals surface area (Å²) in [5.41, 5.74) is 3.10. The topological polar surface area (TPSA) is 34.1 Å². The summed E-state index contributed by atoms with van der Waals surface area (Å²) in [6.07, 6.45) is 26.0. The molecule has 1 aromatic carbocycles. The number of benzene rings is 1. The van der Waals surface area contributed by atoms with E-state index in [0.717, 1.165) is 49.7 Å². The lowest BCUT2D eigenvalue weighted by Crippen LogP contribution is -2.14. The molecule has 1 aliphatic carbocycles. The summed E-state index contributed by atoms with van der Waals surface area (Å²) >= 11 is 0. The smallest absolute Gasteiger partial charge is 0.190 e. The monoisotopic (exact) mass is 478 g/mol. The molecule has 0 amide bonds. The second-order valence-electron chi connectivity index (χ2n) is 10.4. The zero-order valence-corrected chi connectivity index (χ0v) is 22.6. The summed E-state index contributed by atoms with van der Waals surface area (Å²) in [5.74, 6) is 0.139. The van der Waals surface area contributed by atoms with Crippen LogP contribution in [-0.4, -0.2) is 11.6 Å². The summed E-state index contributed by atoms with van der Waals surface area (Å²) < 4.78 is 0. The van der Waals surface area contributed by atoms with Gasteiger partial charge in [-0.15, -0.1) is 0 Å². The van der Waals surface area contributed by atoms with E-state index in [0.29, 0.717) is 17.5 Å². The van der Waals surface area contributed by atoms with Crippen molar-refractivity contribution in [2.24, 2.45) is 0 Å². The standard InChI is InChI=1S/C33H50O2/c1-3-5-6-7-8-9-10-11-12-13-14-15-16-17-18-27-32(34)30-25-21-22-26-31(30)33(35)29-24-20-19-23-28(29)4-2/h4,21-22,25-26H,2-3,5-20,23-24,27H2,1H3. The fourth-order valence-electron chi connectivity index (χ4n) is 5.29. The summed E-state index contributed by atoms with van der Waals surface area (Å²) in [5, 5.41) is 0. The molecule has 0 aromatic heterocycles. The molecule has 1 aromatic rings. The van der Waals surface area contributed by atoms with Gasteiger partial charge in [0.25, 0.3) is 0 Å². The second kappa shape index (κ2) is 18.3. The van der Waals surface area contributed by atoms with Crippen LogP contribution in [0.3, 0.4) is 0 Å². The highest BCUT2D eigenvalue weighted by molar-refractivity contribution is 6.16. The normalized spacial score (nSPS) is 13.7. The van der Waals surface area contributed by atoms with E-state index in [1.165, 1.54) is 83.5 Å². The van der Waals surface area contributed by atoms with Crippen molar-refractivity contribution in [1.82, 2.24) is 0 Å². The Kier molecular flexibility index (Phi) is 15.3. The molecule has 2 rings (SSSR count). The minimum Gasteiger partial charge on any atom is -0.294 e. The van der Waals surface area contributed by atoms with E-state index in [4.69, 9.17) is 0 Å². The quantitative estimate of drug-likeness (QED) is 0.138. The number of carbonyl (C=O) groups is 2. The van der Waals surface area contributed by atoms with Gasteiger partial charge in [-0.25, -0.2) is 0 Å². The van der Waals surface area contributed by atoms with Crippen molar-refractivity contribution in [2.75, 3.05) is 0 Å². The second-order valence-corrected chi connectivity index (χ2v) is 10.4. The molecule has 0 heterocycles. The Bertz CT molecular complexity index is 801. The van der Waals surface area contributed by atoms with Gasteiger partial charge in [0.05, 0.1) is 0 Å². The Labute approximate surface area is 215 Å². The maximum atomic E-state index is 13.2. The third-order valence-corrected chi connectivity index (χ3v) is 7.51. The molecule has 0 radical (unpaired) electrons. The molecule has 0 unspecified atom stereocenters. The van der Waals surface area contributed by atoms with E-state index in [9.17, 15) is 9.59 Å². The molecule has 35 heavy (non-hydrogen) atoms. The van der Waals surface area contributed by atoms with E-state index >= 15 is 0 Å². The molecule has 0 fully saturated rings. The molecular formula is C33H50O2. The zero-order valence-electron chi connectivity index (χ0n) is 22.6. The van der Waals surface area contributed by atoms with E-state index in [1.807, 2.05) is 30.3 Å². The lowest BCUT2D eigenvalue weighted by molar-refractivity contribution is 0.0962. The van der Waals surface area contributed by atoms with Gasteiger partial charge in [-0.1, -0.05) is 134 Å². The Morgan fingerprint density at radius 1 is 0.714 bits per heavy atom. The van der Waals surface area contributed by atoms with Crippen LogP contribution in [0.1, 0.15) is 156 Å². The Hall–Kier alpha value is -1.96. The summed E-state index contributed by atoms with van der Waals surface area (Å²) in [6.45, 7) is 6.17. The first-order chi connectivity index (χ1) is 17.2. The maximum Gasteiger partial charge on any atom is 0.190 e. The van der Waals surface area contributed by atoms with Gasteiger partial charge < -0.3 is 0 Å². The third-order valence-electron chi connectivity index (χ3n) is 7.51. The van der Waals surface area contributed by atoms with Crippen LogP contribution in [0, 0.1) is 0 Å². The van der Waals surface area contributed by atoms with E-state index < -0.39 is 0 Å². The van der Waals surface area contributed by atoms with Crippen LogP contribution >= 0.6 is 0 Å². The molecule has 0 aliphatic heterocycles. The predicted octanol–water partition coefficient (Wildman–Crippen LogP) is 10.4. The highest BCUT2D eigenvalue weighted by Crippen LogP contribution is 2.29. The molecule has 1 aliphatic rings. The highest BCUT2D eigenvalue weighted by atomic mass is 16.1. The van der Waals surface area contributed by atoms with Gasteiger partial charge in [0.15, 0.2) is 11.6 Å². The number of unbranched alkanes of at least 4 members (excludes halogenated alkanes) is 14. The number of hydrogen-bond acceptors (Lipinski definition) is 2. The Morgan fingerprint density at radius 2 is 1.20 bits per heavy atom. The molecule has 0 N–H and O–H groups in total. The first-order valence-corrected chi connectivity index (χ1v) is 14.7. The molecular weight excluding hydrogens is 428 g/mol.